The van der Waals surface area contributed by atoms with Crippen molar-refractivity contribution in [1.82, 2.24) is 24.9 Å². The van der Waals surface area contributed by atoms with Crippen molar-refractivity contribution in [3.05, 3.63) is 68.5 Å². The predicted octanol–water partition coefficient (Wildman–Crippen LogP) is 1.59. The number of hydrogen-bond acceptors (Lipinski definition) is 3. The molecule has 0 aliphatic rings. The first-order chi connectivity index (χ1) is 16.0. The average molecular weight is 577 g/mol. The zero-order chi connectivity index (χ0) is 23.4. The number of hydrogen-bond donors (Lipinski definition) is 0. The molecule has 6 nitrogen and oxygen atoms in total. The van der Waals surface area contributed by atoms with E-state index < -0.39 is 0 Å². The molecule has 0 aliphatic carbocycles. The van der Waals surface area contributed by atoms with Crippen molar-refractivity contribution in [1.29, 1.82) is 0 Å². The molecule has 0 radical (unpaired) electrons. The van der Waals surface area contributed by atoms with Crippen LogP contribution >= 0.6 is 11.6 Å². The fourth-order valence-corrected chi connectivity index (χ4v) is 6.21. The van der Waals surface area contributed by atoms with Crippen molar-refractivity contribution in [2.45, 2.75) is 46.2 Å². The first kappa shape index (κ1) is 23.9. The third kappa shape index (κ3) is 5.14. The van der Waals surface area contributed by atoms with Gasteiger partial charge < -0.3 is 0 Å². The van der Waals surface area contributed by atoms with E-state index in [1.54, 1.807) is 7.05 Å². The summed E-state index contributed by atoms with van der Waals surface area (Å²) in [7, 11) is 1.79. The molecule has 4 aromatic rings. The quantitative estimate of drug-likeness (QED) is 0.173. The van der Waals surface area contributed by atoms with E-state index in [1.165, 1.54) is 25.2 Å². The molecule has 8 heteroatoms. The monoisotopic (exact) mass is 576 g/mol. The van der Waals surface area contributed by atoms with E-state index in [0.717, 1.165) is 48.5 Å². The van der Waals surface area contributed by atoms with Gasteiger partial charge >= 0.3 is 212 Å². The molecule has 0 amide bonds. The van der Waals surface area contributed by atoms with Gasteiger partial charge in [0.15, 0.2) is 0 Å². The van der Waals surface area contributed by atoms with E-state index in [-0.39, 0.29) is 21.2 Å². The van der Waals surface area contributed by atoms with Gasteiger partial charge in [0, 0.05) is 0 Å². The summed E-state index contributed by atoms with van der Waals surface area (Å²) in [5, 5.41) is 13.6. The molecule has 2 aromatic heterocycles. The van der Waals surface area contributed by atoms with Crippen LogP contribution in [0.2, 0.25) is 5.02 Å². The second kappa shape index (κ2) is 10.8. The fourth-order valence-electron chi connectivity index (χ4n) is 4.11. The third-order valence-electron chi connectivity index (χ3n) is 5.77. The number of nitrogens with zero attached hydrogens (tertiary/aromatic N) is 6. The van der Waals surface area contributed by atoms with Crippen LogP contribution in [0.5, 0.6) is 0 Å². The number of halogens is 2. The number of unbranched alkanes of at least 4 members (excludes halogenated alkanes) is 1. The molecule has 0 unspecified atom stereocenters. The Balaban J connectivity index is 1.72. The van der Waals surface area contributed by atoms with E-state index in [4.69, 9.17) is 11.6 Å². The van der Waals surface area contributed by atoms with Gasteiger partial charge in [-0.2, -0.15) is 0 Å². The van der Waals surface area contributed by atoms with Gasteiger partial charge in [-0.1, -0.05) is 0 Å². The minimum absolute atomic E-state index is 0.137. The van der Waals surface area contributed by atoms with E-state index in [0.29, 0.717) is 5.82 Å². The number of aromatic nitrogens is 6. The van der Waals surface area contributed by atoms with Crippen LogP contribution in [0.3, 0.4) is 0 Å². The van der Waals surface area contributed by atoms with E-state index in [9.17, 15) is 0 Å². The van der Waals surface area contributed by atoms with Crippen molar-refractivity contribution >= 4 is 11.6 Å². The van der Waals surface area contributed by atoms with Crippen LogP contribution in [0, 0.1) is 3.57 Å². The molecule has 0 fully saturated rings. The Hall–Kier alpha value is -2.26. The minimum atomic E-state index is -0.137. The number of rotatable bonds is 9. The Morgan fingerprint density at radius 1 is 1.06 bits per heavy atom. The molecule has 4 rings (SSSR count). The fraction of sp³-hybridized carbons (Fsp3) is 0.360. The molecule has 33 heavy (non-hydrogen) atoms. The summed E-state index contributed by atoms with van der Waals surface area (Å²) in [4.78, 5) is 3.82. The van der Waals surface area contributed by atoms with E-state index in [2.05, 4.69) is 86.1 Å². The molecular weight excluding hydrogens is 547 g/mol. The molecule has 174 valence electrons. The molecule has 2 heterocycles. The first-order valence-electron chi connectivity index (χ1n) is 11.3. The molecule has 0 spiro atoms. The third-order valence-corrected chi connectivity index (χ3v) is 8.14. The molecule has 0 saturated heterocycles. The summed E-state index contributed by atoms with van der Waals surface area (Å²) in [5.74, 6) is 0.656. The Kier molecular flexibility index (Phi) is 7.80. The van der Waals surface area contributed by atoms with Crippen LogP contribution in [-0.4, -0.2) is 29.8 Å². The van der Waals surface area contributed by atoms with Crippen LogP contribution in [-0.2, 0) is 26.6 Å². The summed E-state index contributed by atoms with van der Waals surface area (Å²) >= 11 is 6.44. The van der Waals surface area contributed by atoms with Gasteiger partial charge in [0.25, 0.3) is 0 Å². The number of benzene rings is 2. The Morgan fingerprint density at radius 2 is 1.85 bits per heavy atom. The number of tetrazole rings is 1. The summed E-state index contributed by atoms with van der Waals surface area (Å²) in [6, 6.07) is 15.2. The summed E-state index contributed by atoms with van der Waals surface area (Å²) < 4.78 is 6.05. The second-order valence-electron chi connectivity index (χ2n) is 8.00. The van der Waals surface area contributed by atoms with Crippen LogP contribution in [0.25, 0.3) is 22.5 Å². The SMILES string of the molecule is CCCC[n+]1cc(Cl)c(CC)n1Cc1ccc(-c2ccccc2-c2nnn(C)n2)c([I-]C)c1. The normalized spacial score (nSPS) is 11.4. The molecule has 0 atom stereocenters. The van der Waals surface area contributed by atoms with Crippen LogP contribution in [0.4, 0.5) is 0 Å². The van der Waals surface area contributed by atoms with E-state index >= 15 is 0 Å². The summed E-state index contributed by atoms with van der Waals surface area (Å²) in [5.41, 5.74) is 5.93. The Bertz CT molecular complexity index is 1250. The Morgan fingerprint density at radius 3 is 2.52 bits per heavy atom. The number of alkyl halides is 1. The number of aryl methyl sites for hydroxylation is 2. The molecular formula is C25H30ClIN6. The summed E-state index contributed by atoms with van der Waals surface area (Å²) in [6.45, 7) is 6.20. The second-order valence-corrected chi connectivity index (χ2v) is 10.7. The topological polar surface area (TPSA) is 52.4 Å². The predicted molar refractivity (Wildman–Crippen MR) is 127 cm³/mol. The van der Waals surface area contributed by atoms with Crippen LogP contribution < -0.4 is 25.9 Å². The van der Waals surface area contributed by atoms with Crippen LogP contribution in [0.1, 0.15) is 37.9 Å². The van der Waals surface area contributed by atoms with Gasteiger partial charge in [0.05, 0.1) is 0 Å². The van der Waals surface area contributed by atoms with E-state index in [1.807, 2.05) is 6.07 Å². The van der Waals surface area contributed by atoms with Gasteiger partial charge in [0.1, 0.15) is 0 Å². The molecule has 2 aromatic carbocycles. The van der Waals surface area contributed by atoms with Crippen molar-refractivity contribution in [2.24, 2.45) is 7.05 Å². The molecule has 0 N–H and O–H groups in total. The maximum absolute atomic E-state index is 6.58. The average Bonchev–Trinajstić information content (AvgIpc) is 3.39. The van der Waals surface area contributed by atoms with Gasteiger partial charge in [-0.05, 0) is 0 Å². The van der Waals surface area contributed by atoms with Gasteiger partial charge in [-0.25, -0.2) is 0 Å². The molecule has 0 saturated carbocycles. The van der Waals surface area contributed by atoms with Gasteiger partial charge in [0.2, 0.25) is 0 Å². The molecule has 0 aliphatic heterocycles. The zero-order valence-electron chi connectivity index (χ0n) is 19.6. The summed E-state index contributed by atoms with van der Waals surface area (Å²) in [6.07, 6.45) is 5.31. The zero-order valence-corrected chi connectivity index (χ0v) is 22.5. The van der Waals surface area contributed by atoms with Crippen molar-refractivity contribution in [3.63, 3.8) is 0 Å². The molecule has 0 bridgehead atoms. The Labute approximate surface area is 210 Å². The van der Waals surface area contributed by atoms with Gasteiger partial charge in [-0.15, -0.1) is 0 Å². The first-order valence-corrected chi connectivity index (χ1v) is 14.9. The van der Waals surface area contributed by atoms with Crippen LogP contribution in [0.15, 0.2) is 48.7 Å². The van der Waals surface area contributed by atoms with Crippen molar-refractivity contribution in [3.8, 4) is 22.5 Å². The van der Waals surface area contributed by atoms with Gasteiger partial charge in [-0.3, -0.25) is 0 Å². The standard InChI is InChI=1S/C25H30ClIN6/c1-5-7-14-32-17-22(26)24(6-2)33(32)16-18-12-13-20(23(15-18)27-3)19-10-8-9-11-21(19)25-28-30-31(4)29-25/h8-13,15,17H,5-7,14,16H2,1-4H3. The van der Waals surface area contributed by atoms with Crippen molar-refractivity contribution in [2.75, 3.05) is 4.93 Å². The van der Waals surface area contributed by atoms with Crippen molar-refractivity contribution < 1.29 is 25.9 Å². The maximum atomic E-state index is 6.58.